The Labute approximate surface area is 92.9 Å². The predicted octanol–water partition coefficient (Wildman–Crippen LogP) is 0.394. The van der Waals surface area contributed by atoms with Crippen LogP contribution in [-0.2, 0) is 16.0 Å². The van der Waals surface area contributed by atoms with E-state index in [1.54, 1.807) is 0 Å². The van der Waals surface area contributed by atoms with Crippen LogP contribution in [-0.4, -0.2) is 28.5 Å². The van der Waals surface area contributed by atoms with Gasteiger partial charge in [-0.15, -0.1) is 0 Å². The zero-order valence-corrected chi connectivity index (χ0v) is 8.77. The van der Waals surface area contributed by atoms with Crippen molar-refractivity contribution in [3.05, 3.63) is 24.0 Å². The molecule has 1 aromatic rings. The highest BCUT2D eigenvalue weighted by Gasteiger charge is 2.48. The van der Waals surface area contributed by atoms with E-state index in [0.29, 0.717) is 13.0 Å². The van der Waals surface area contributed by atoms with Crippen LogP contribution in [0.4, 0.5) is 0 Å². The number of aliphatic carboxylic acids is 1. The number of carbonyl (C=O) groups excluding carboxylic acids is 1. The smallest absolute Gasteiger partial charge is 0.307 e. The lowest BCUT2D eigenvalue weighted by molar-refractivity contribution is -0.140. The van der Waals surface area contributed by atoms with Crippen LogP contribution >= 0.6 is 0 Å². The summed E-state index contributed by atoms with van der Waals surface area (Å²) >= 11 is 0. The first-order valence-corrected chi connectivity index (χ1v) is 5.30. The van der Waals surface area contributed by atoms with Gasteiger partial charge in [0.15, 0.2) is 0 Å². The van der Waals surface area contributed by atoms with Gasteiger partial charge in [-0.3, -0.25) is 9.59 Å². The molecule has 3 N–H and O–H groups in total. The van der Waals surface area contributed by atoms with Gasteiger partial charge >= 0.3 is 5.97 Å². The van der Waals surface area contributed by atoms with Gasteiger partial charge in [0.2, 0.25) is 5.91 Å². The van der Waals surface area contributed by atoms with E-state index in [4.69, 9.17) is 5.11 Å². The van der Waals surface area contributed by atoms with E-state index in [1.807, 2.05) is 18.5 Å². The minimum absolute atomic E-state index is 0.136. The molecule has 0 bridgehead atoms. The first-order chi connectivity index (χ1) is 7.68. The van der Waals surface area contributed by atoms with Crippen molar-refractivity contribution in [1.82, 2.24) is 10.3 Å². The number of nitrogens with one attached hydrogen (secondary N) is 2. The van der Waals surface area contributed by atoms with Crippen LogP contribution in [0.15, 0.2) is 18.5 Å². The Hall–Kier alpha value is -1.78. The summed E-state index contributed by atoms with van der Waals surface area (Å²) in [4.78, 5) is 25.0. The summed E-state index contributed by atoms with van der Waals surface area (Å²) in [5, 5.41) is 11.4. The van der Waals surface area contributed by atoms with Gasteiger partial charge in [-0.2, -0.15) is 0 Å². The third-order valence-corrected chi connectivity index (χ3v) is 2.82. The van der Waals surface area contributed by atoms with Crippen molar-refractivity contribution in [2.24, 2.45) is 11.8 Å². The zero-order valence-electron chi connectivity index (χ0n) is 8.77. The Morgan fingerprint density at radius 2 is 2.31 bits per heavy atom. The van der Waals surface area contributed by atoms with Crippen molar-refractivity contribution in [2.45, 2.75) is 12.8 Å². The summed E-state index contributed by atoms with van der Waals surface area (Å²) in [6.07, 6.45) is 4.95. The van der Waals surface area contributed by atoms with Gasteiger partial charge in [0.1, 0.15) is 0 Å². The summed E-state index contributed by atoms with van der Waals surface area (Å²) in [5.74, 6) is -1.79. The zero-order chi connectivity index (χ0) is 11.5. The molecule has 1 heterocycles. The molecular weight excluding hydrogens is 208 g/mol. The van der Waals surface area contributed by atoms with Crippen LogP contribution in [0.5, 0.6) is 0 Å². The number of amides is 1. The number of carboxylic acid groups (broad SMARTS) is 1. The minimum Gasteiger partial charge on any atom is -0.481 e. The Balaban J connectivity index is 1.68. The van der Waals surface area contributed by atoms with E-state index >= 15 is 0 Å². The largest absolute Gasteiger partial charge is 0.481 e. The van der Waals surface area contributed by atoms with E-state index in [9.17, 15) is 9.59 Å². The number of hydrogen-bond acceptors (Lipinski definition) is 2. The second-order valence-corrected chi connectivity index (χ2v) is 4.05. The fourth-order valence-electron chi connectivity index (χ4n) is 1.73. The normalized spacial score (nSPS) is 22.8. The number of aromatic nitrogens is 1. The molecule has 86 valence electrons. The highest BCUT2D eigenvalue weighted by molar-refractivity contribution is 5.89. The molecule has 1 saturated carbocycles. The molecule has 1 aliphatic carbocycles. The van der Waals surface area contributed by atoms with Gasteiger partial charge in [-0.05, 0) is 24.5 Å². The Morgan fingerprint density at radius 3 is 2.88 bits per heavy atom. The lowest BCUT2D eigenvalue weighted by atomic mass is 10.2. The molecule has 1 aromatic heterocycles. The predicted molar refractivity (Wildman–Crippen MR) is 56.7 cm³/mol. The van der Waals surface area contributed by atoms with Crippen molar-refractivity contribution in [3.8, 4) is 0 Å². The molecule has 0 aliphatic heterocycles. The van der Waals surface area contributed by atoms with E-state index in [2.05, 4.69) is 10.3 Å². The van der Waals surface area contributed by atoms with E-state index < -0.39 is 11.9 Å². The maximum atomic E-state index is 11.5. The van der Waals surface area contributed by atoms with Crippen molar-refractivity contribution in [2.75, 3.05) is 6.54 Å². The minimum atomic E-state index is -0.870. The molecule has 5 heteroatoms. The molecule has 0 radical (unpaired) electrons. The van der Waals surface area contributed by atoms with Gasteiger partial charge in [-0.1, -0.05) is 0 Å². The fraction of sp³-hybridized carbons (Fsp3) is 0.455. The molecular formula is C11H14N2O3. The number of rotatable bonds is 5. The van der Waals surface area contributed by atoms with E-state index in [1.165, 1.54) is 0 Å². The Morgan fingerprint density at radius 1 is 1.50 bits per heavy atom. The van der Waals surface area contributed by atoms with Gasteiger partial charge in [0.25, 0.3) is 0 Å². The van der Waals surface area contributed by atoms with Crippen LogP contribution < -0.4 is 5.32 Å². The van der Waals surface area contributed by atoms with Crippen molar-refractivity contribution >= 4 is 11.9 Å². The molecule has 16 heavy (non-hydrogen) atoms. The molecule has 1 fully saturated rings. The average Bonchev–Trinajstić information content (AvgIpc) is 2.90. The molecule has 2 atom stereocenters. The van der Waals surface area contributed by atoms with Crippen LogP contribution in [0.1, 0.15) is 12.0 Å². The summed E-state index contributed by atoms with van der Waals surface area (Å²) < 4.78 is 0. The molecule has 0 saturated heterocycles. The lowest BCUT2D eigenvalue weighted by Gasteiger charge is -2.02. The van der Waals surface area contributed by atoms with E-state index in [-0.39, 0.29) is 11.8 Å². The number of H-pyrrole nitrogens is 1. The second-order valence-electron chi connectivity index (χ2n) is 4.05. The standard InChI is InChI=1S/C11H14N2O3/c14-10(8-5-9(8)11(15)16)13-4-2-7-1-3-12-6-7/h1,3,6,8-9,12H,2,4-5H2,(H,13,14)(H,15,16). The summed E-state index contributed by atoms with van der Waals surface area (Å²) in [5.41, 5.74) is 1.13. The first-order valence-electron chi connectivity index (χ1n) is 5.30. The van der Waals surface area contributed by atoms with E-state index in [0.717, 1.165) is 12.0 Å². The SMILES string of the molecule is O=C(O)C1CC1C(=O)NCCc1cc[nH]c1. The van der Waals surface area contributed by atoms with Gasteiger partial charge in [0, 0.05) is 18.9 Å². The maximum absolute atomic E-state index is 11.5. The van der Waals surface area contributed by atoms with Crippen molar-refractivity contribution in [3.63, 3.8) is 0 Å². The molecule has 1 aliphatic rings. The maximum Gasteiger partial charge on any atom is 0.307 e. The summed E-state index contributed by atoms with van der Waals surface area (Å²) in [6.45, 7) is 0.555. The Kier molecular flexibility index (Phi) is 2.94. The van der Waals surface area contributed by atoms with Crippen LogP contribution in [0.3, 0.4) is 0 Å². The molecule has 1 amide bonds. The number of carbonyl (C=O) groups is 2. The second kappa shape index (κ2) is 4.38. The topological polar surface area (TPSA) is 82.2 Å². The molecule has 5 nitrogen and oxygen atoms in total. The third kappa shape index (κ3) is 2.42. The summed E-state index contributed by atoms with van der Waals surface area (Å²) in [6, 6.07) is 1.95. The molecule has 2 unspecified atom stereocenters. The van der Waals surface area contributed by atoms with Crippen LogP contribution in [0.25, 0.3) is 0 Å². The van der Waals surface area contributed by atoms with Gasteiger partial charge in [-0.25, -0.2) is 0 Å². The number of hydrogen-bond donors (Lipinski definition) is 3. The summed E-state index contributed by atoms with van der Waals surface area (Å²) in [7, 11) is 0. The molecule has 0 aromatic carbocycles. The fourth-order valence-corrected chi connectivity index (χ4v) is 1.73. The Bertz CT molecular complexity index is 386. The third-order valence-electron chi connectivity index (χ3n) is 2.82. The number of carboxylic acids is 1. The first kappa shape index (κ1) is 10.7. The van der Waals surface area contributed by atoms with Crippen LogP contribution in [0.2, 0.25) is 0 Å². The van der Waals surface area contributed by atoms with Crippen LogP contribution in [0, 0.1) is 11.8 Å². The van der Waals surface area contributed by atoms with Gasteiger partial charge < -0.3 is 15.4 Å². The molecule has 2 rings (SSSR count). The van der Waals surface area contributed by atoms with Gasteiger partial charge in [0.05, 0.1) is 11.8 Å². The highest BCUT2D eigenvalue weighted by atomic mass is 16.4. The van der Waals surface area contributed by atoms with Crippen molar-refractivity contribution < 1.29 is 14.7 Å². The molecule has 0 spiro atoms. The average molecular weight is 222 g/mol. The van der Waals surface area contributed by atoms with Crippen molar-refractivity contribution in [1.29, 1.82) is 0 Å². The monoisotopic (exact) mass is 222 g/mol. The highest BCUT2D eigenvalue weighted by Crippen LogP contribution is 2.38. The number of aromatic amines is 1. The quantitative estimate of drug-likeness (QED) is 0.674. The lowest BCUT2D eigenvalue weighted by Crippen LogP contribution is -2.28.